The Morgan fingerprint density at radius 2 is 1.90 bits per heavy atom. The Hall–Kier alpha value is -2.43. The lowest BCUT2D eigenvalue weighted by atomic mass is 10.2. The van der Waals surface area contributed by atoms with Crippen LogP contribution >= 0.6 is 0 Å². The molecule has 2 aromatic rings. The summed E-state index contributed by atoms with van der Waals surface area (Å²) < 4.78 is 0. The smallest absolute Gasteiger partial charge is 0.323 e. The highest BCUT2D eigenvalue weighted by molar-refractivity contribution is 5.73. The second-order valence-electron chi connectivity index (χ2n) is 4.68. The molecule has 0 unspecified atom stereocenters. The number of hydrogen-bond acceptors (Lipinski definition) is 4. The summed E-state index contributed by atoms with van der Waals surface area (Å²) in [5.41, 5.74) is 2.82. The number of anilines is 1. The maximum Gasteiger partial charge on any atom is 0.323 e. The number of hydrogen-bond donors (Lipinski definition) is 1. The van der Waals surface area contributed by atoms with Crippen LogP contribution in [-0.2, 0) is 11.3 Å². The van der Waals surface area contributed by atoms with Gasteiger partial charge in [0.05, 0.1) is 12.2 Å². The lowest BCUT2D eigenvalue weighted by Crippen LogP contribution is -2.29. The number of carbonyl (C=O) groups is 1. The zero-order valence-corrected chi connectivity index (χ0v) is 11.6. The summed E-state index contributed by atoms with van der Waals surface area (Å²) in [7, 11) is 0. The standard InChI is InChI=1S/C15H17N3O2/c1-11-3-5-14(6-4-11)18(10-15(19)20)9-13-7-8-16-12(2)17-13/h3-8H,9-10H2,1-2H3,(H,19,20). The van der Waals surface area contributed by atoms with Gasteiger partial charge in [-0.3, -0.25) is 4.79 Å². The zero-order valence-electron chi connectivity index (χ0n) is 11.6. The molecule has 0 bridgehead atoms. The Bertz CT molecular complexity index is 596. The van der Waals surface area contributed by atoms with Crippen molar-refractivity contribution in [3.8, 4) is 0 Å². The van der Waals surface area contributed by atoms with Gasteiger partial charge in [0, 0.05) is 11.9 Å². The van der Waals surface area contributed by atoms with Crippen LogP contribution in [-0.4, -0.2) is 27.6 Å². The van der Waals surface area contributed by atoms with Crippen LogP contribution in [0.25, 0.3) is 0 Å². The number of aryl methyl sites for hydroxylation is 2. The van der Waals surface area contributed by atoms with Gasteiger partial charge in [-0.15, -0.1) is 0 Å². The Balaban J connectivity index is 2.23. The topological polar surface area (TPSA) is 66.3 Å². The third-order valence-corrected chi connectivity index (χ3v) is 2.91. The number of nitrogens with zero attached hydrogens (tertiary/aromatic N) is 3. The second-order valence-corrected chi connectivity index (χ2v) is 4.68. The molecule has 0 atom stereocenters. The number of rotatable bonds is 5. The van der Waals surface area contributed by atoms with E-state index in [1.807, 2.05) is 38.1 Å². The van der Waals surface area contributed by atoms with Crippen molar-refractivity contribution < 1.29 is 9.90 Å². The number of carboxylic acid groups (broad SMARTS) is 1. The van der Waals surface area contributed by atoms with Gasteiger partial charge in [-0.2, -0.15) is 0 Å². The maximum absolute atomic E-state index is 11.0. The third kappa shape index (κ3) is 3.78. The Morgan fingerprint density at radius 3 is 2.50 bits per heavy atom. The van der Waals surface area contributed by atoms with Crippen LogP contribution in [0.4, 0.5) is 5.69 Å². The average Bonchev–Trinajstić information content (AvgIpc) is 2.38. The van der Waals surface area contributed by atoms with Gasteiger partial charge >= 0.3 is 5.97 Å². The predicted molar refractivity (Wildman–Crippen MR) is 76.6 cm³/mol. The number of aromatic nitrogens is 2. The molecule has 1 aromatic heterocycles. The van der Waals surface area contributed by atoms with Gasteiger partial charge in [-0.1, -0.05) is 17.7 Å². The minimum absolute atomic E-state index is 0.0634. The van der Waals surface area contributed by atoms with Crippen molar-refractivity contribution >= 4 is 11.7 Å². The van der Waals surface area contributed by atoms with Crippen LogP contribution in [0.5, 0.6) is 0 Å². The summed E-state index contributed by atoms with van der Waals surface area (Å²) in [5, 5.41) is 9.06. The minimum Gasteiger partial charge on any atom is -0.480 e. The highest BCUT2D eigenvalue weighted by Crippen LogP contribution is 2.17. The Morgan fingerprint density at radius 1 is 1.20 bits per heavy atom. The van der Waals surface area contributed by atoms with E-state index in [2.05, 4.69) is 9.97 Å². The van der Waals surface area contributed by atoms with Gasteiger partial charge < -0.3 is 10.0 Å². The van der Waals surface area contributed by atoms with E-state index in [1.54, 1.807) is 17.2 Å². The second kappa shape index (κ2) is 6.14. The molecule has 0 amide bonds. The zero-order chi connectivity index (χ0) is 14.5. The van der Waals surface area contributed by atoms with E-state index in [-0.39, 0.29) is 6.54 Å². The van der Waals surface area contributed by atoms with Crippen molar-refractivity contribution in [3.63, 3.8) is 0 Å². The highest BCUT2D eigenvalue weighted by atomic mass is 16.4. The van der Waals surface area contributed by atoms with E-state index in [1.165, 1.54) is 0 Å². The van der Waals surface area contributed by atoms with Crippen LogP contribution < -0.4 is 4.90 Å². The molecule has 0 saturated carbocycles. The maximum atomic E-state index is 11.0. The van der Waals surface area contributed by atoms with E-state index >= 15 is 0 Å². The lowest BCUT2D eigenvalue weighted by molar-refractivity contribution is -0.135. The lowest BCUT2D eigenvalue weighted by Gasteiger charge is -2.22. The molecule has 0 aliphatic rings. The highest BCUT2D eigenvalue weighted by Gasteiger charge is 2.12. The molecule has 1 heterocycles. The molecule has 0 aliphatic heterocycles. The summed E-state index contributed by atoms with van der Waals surface area (Å²) in [6, 6.07) is 9.58. The molecular formula is C15H17N3O2. The molecule has 1 N–H and O–H groups in total. The molecule has 5 heteroatoms. The van der Waals surface area contributed by atoms with Crippen molar-refractivity contribution in [1.82, 2.24) is 9.97 Å². The normalized spacial score (nSPS) is 10.3. The summed E-state index contributed by atoms with van der Waals surface area (Å²) in [5.74, 6) is -0.182. The van der Waals surface area contributed by atoms with E-state index in [0.29, 0.717) is 12.4 Å². The number of aliphatic carboxylic acids is 1. The fourth-order valence-electron chi connectivity index (χ4n) is 1.95. The summed E-state index contributed by atoms with van der Waals surface area (Å²) in [6.07, 6.45) is 1.69. The van der Waals surface area contributed by atoms with Gasteiger partial charge in [0.1, 0.15) is 12.4 Å². The summed E-state index contributed by atoms with van der Waals surface area (Å²) >= 11 is 0. The Labute approximate surface area is 117 Å². The van der Waals surface area contributed by atoms with Crippen LogP contribution in [0, 0.1) is 13.8 Å². The quantitative estimate of drug-likeness (QED) is 0.903. The van der Waals surface area contributed by atoms with Crippen LogP contribution in [0.2, 0.25) is 0 Å². The van der Waals surface area contributed by atoms with Gasteiger partial charge in [0.2, 0.25) is 0 Å². The molecule has 0 spiro atoms. The van der Waals surface area contributed by atoms with E-state index in [0.717, 1.165) is 16.9 Å². The van der Waals surface area contributed by atoms with Crippen molar-refractivity contribution in [2.75, 3.05) is 11.4 Å². The van der Waals surface area contributed by atoms with Crippen LogP contribution in [0.1, 0.15) is 17.1 Å². The van der Waals surface area contributed by atoms with Crippen LogP contribution in [0.15, 0.2) is 36.5 Å². The number of benzene rings is 1. The summed E-state index contributed by atoms with van der Waals surface area (Å²) in [6.45, 7) is 4.20. The molecule has 2 rings (SSSR count). The van der Waals surface area contributed by atoms with E-state index in [9.17, 15) is 4.79 Å². The fraction of sp³-hybridized carbons (Fsp3) is 0.267. The third-order valence-electron chi connectivity index (χ3n) is 2.91. The fourth-order valence-corrected chi connectivity index (χ4v) is 1.95. The molecule has 0 radical (unpaired) electrons. The molecule has 1 aromatic carbocycles. The first-order valence-corrected chi connectivity index (χ1v) is 6.36. The van der Waals surface area contributed by atoms with Crippen molar-refractivity contribution in [2.24, 2.45) is 0 Å². The molecule has 5 nitrogen and oxygen atoms in total. The first-order valence-electron chi connectivity index (χ1n) is 6.36. The largest absolute Gasteiger partial charge is 0.480 e. The van der Waals surface area contributed by atoms with Crippen molar-refractivity contribution in [3.05, 3.63) is 53.6 Å². The van der Waals surface area contributed by atoms with Gasteiger partial charge in [0.25, 0.3) is 0 Å². The van der Waals surface area contributed by atoms with E-state index < -0.39 is 5.97 Å². The molecular weight excluding hydrogens is 254 g/mol. The molecule has 104 valence electrons. The number of carboxylic acids is 1. The molecule has 0 fully saturated rings. The van der Waals surface area contributed by atoms with Crippen molar-refractivity contribution in [2.45, 2.75) is 20.4 Å². The average molecular weight is 271 g/mol. The van der Waals surface area contributed by atoms with E-state index in [4.69, 9.17) is 5.11 Å². The molecule has 0 aliphatic carbocycles. The van der Waals surface area contributed by atoms with Gasteiger partial charge in [-0.05, 0) is 32.0 Å². The van der Waals surface area contributed by atoms with Gasteiger partial charge in [-0.25, -0.2) is 9.97 Å². The summed E-state index contributed by atoms with van der Waals surface area (Å²) in [4.78, 5) is 21.2. The molecule has 0 saturated heterocycles. The van der Waals surface area contributed by atoms with Crippen molar-refractivity contribution in [1.29, 1.82) is 0 Å². The first kappa shape index (κ1) is 14.0. The minimum atomic E-state index is -0.864. The predicted octanol–water partition coefficient (Wildman–Crippen LogP) is 2.18. The first-order chi connectivity index (χ1) is 9.54. The molecule has 20 heavy (non-hydrogen) atoms. The Kier molecular flexibility index (Phi) is 4.30. The monoisotopic (exact) mass is 271 g/mol. The van der Waals surface area contributed by atoms with Gasteiger partial charge in [0.15, 0.2) is 0 Å². The SMILES string of the molecule is Cc1ccc(N(CC(=O)O)Cc2ccnc(C)n2)cc1. The van der Waals surface area contributed by atoms with Crippen LogP contribution in [0.3, 0.4) is 0 Å².